The standard InChI is InChI=1S/C15H24N2O2/c1-4-15-12(5-6-19-15)9-16-10-13-8-14(18-3)7-11(2)17-13/h7-8,12,15-16H,4-6,9-10H2,1-3H3. The molecule has 2 heterocycles. The Hall–Kier alpha value is -1.13. The van der Waals surface area contributed by atoms with Gasteiger partial charge in [-0.2, -0.15) is 0 Å². The van der Waals surface area contributed by atoms with Crippen LogP contribution in [0, 0.1) is 12.8 Å². The Labute approximate surface area is 115 Å². The highest BCUT2D eigenvalue weighted by Gasteiger charge is 2.25. The molecular weight excluding hydrogens is 240 g/mol. The van der Waals surface area contributed by atoms with Gasteiger partial charge in [-0.25, -0.2) is 0 Å². The second-order valence-corrected chi connectivity index (χ2v) is 5.14. The molecule has 0 saturated carbocycles. The number of nitrogens with one attached hydrogen (secondary N) is 1. The Bertz CT molecular complexity index is 409. The Morgan fingerprint density at radius 2 is 2.32 bits per heavy atom. The van der Waals surface area contributed by atoms with E-state index in [9.17, 15) is 0 Å². The number of hydrogen-bond donors (Lipinski definition) is 1. The van der Waals surface area contributed by atoms with Crippen molar-refractivity contribution >= 4 is 0 Å². The first-order valence-corrected chi connectivity index (χ1v) is 7.06. The molecule has 0 bridgehead atoms. The van der Waals surface area contributed by atoms with E-state index in [0.29, 0.717) is 12.0 Å². The average Bonchev–Trinajstić information content (AvgIpc) is 2.85. The number of aryl methyl sites for hydroxylation is 1. The van der Waals surface area contributed by atoms with Crippen LogP contribution in [-0.2, 0) is 11.3 Å². The van der Waals surface area contributed by atoms with Crippen molar-refractivity contribution in [3.8, 4) is 5.75 Å². The molecule has 1 aliphatic heterocycles. The van der Waals surface area contributed by atoms with Gasteiger partial charge in [-0.3, -0.25) is 4.98 Å². The van der Waals surface area contributed by atoms with Crippen LogP contribution in [0.3, 0.4) is 0 Å². The Morgan fingerprint density at radius 3 is 3.05 bits per heavy atom. The van der Waals surface area contributed by atoms with Crippen molar-refractivity contribution in [2.24, 2.45) is 5.92 Å². The van der Waals surface area contributed by atoms with E-state index in [0.717, 1.165) is 49.7 Å². The molecule has 2 unspecified atom stereocenters. The molecule has 1 aromatic heterocycles. The maximum absolute atomic E-state index is 5.70. The summed E-state index contributed by atoms with van der Waals surface area (Å²) in [4.78, 5) is 4.51. The monoisotopic (exact) mass is 264 g/mol. The molecule has 2 atom stereocenters. The molecule has 4 heteroatoms. The van der Waals surface area contributed by atoms with Crippen LogP contribution in [0.15, 0.2) is 12.1 Å². The van der Waals surface area contributed by atoms with Crippen LogP contribution in [0.5, 0.6) is 5.75 Å². The van der Waals surface area contributed by atoms with Gasteiger partial charge < -0.3 is 14.8 Å². The molecule has 19 heavy (non-hydrogen) atoms. The Balaban J connectivity index is 1.83. The fraction of sp³-hybridized carbons (Fsp3) is 0.667. The summed E-state index contributed by atoms with van der Waals surface area (Å²) in [6, 6.07) is 3.93. The molecule has 1 saturated heterocycles. The lowest BCUT2D eigenvalue weighted by atomic mass is 10.00. The quantitative estimate of drug-likeness (QED) is 0.856. The summed E-state index contributed by atoms with van der Waals surface area (Å²) in [5.41, 5.74) is 2.02. The summed E-state index contributed by atoms with van der Waals surface area (Å²) < 4.78 is 11.0. The lowest BCUT2D eigenvalue weighted by molar-refractivity contribution is 0.0872. The maximum atomic E-state index is 5.70. The minimum Gasteiger partial charge on any atom is -0.497 e. The fourth-order valence-corrected chi connectivity index (χ4v) is 2.67. The van der Waals surface area contributed by atoms with Crippen molar-refractivity contribution in [1.29, 1.82) is 0 Å². The second-order valence-electron chi connectivity index (χ2n) is 5.14. The molecule has 2 rings (SSSR count). The van der Waals surface area contributed by atoms with Gasteiger partial charge in [-0.15, -0.1) is 0 Å². The van der Waals surface area contributed by atoms with Crippen LogP contribution in [-0.4, -0.2) is 31.3 Å². The minimum absolute atomic E-state index is 0.424. The van der Waals surface area contributed by atoms with E-state index in [1.54, 1.807) is 7.11 Å². The summed E-state index contributed by atoms with van der Waals surface area (Å²) in [7, 11) is 1.69. The van der Waals surface area contributed by atoms with E-state index in [1.165, 1.54) is 0 Å². The van der Waals surface area contributed by atoms with Crippen molar-refractivity contribution in [2.45, 2.75) is 39.3 Å². The zero-order chi connectivity index (χ0) is 13.7. The molecule has 0 radical (unpaired) electrons. The van der Waals surface area contributed by atoms with Gasteiger partial charge in [-0.1, -0.05) is 6.92 Å². The predicted molar refractivity (Wildman–Crippen MR) is 75.4 cm³/mol. The lowest BCUT2D eigenvalue weighted by Gasteiger charge is -2.17. The van der Waals surface area contributed by atoms with Crippen molar-refractivity contribution in [1.82, 2.24) is 10.3 Å². The molecule has 1 fully saturated rings. The molecule has 0 aromatic carbocycles. The number of nitrogens with zero attached hydrogens (tertiary/aromatic N) is 1. The van der Waals surface area contributed by atoms with Gasteiger partial charge in [0.2, 0.25) is 0 Å². The first kappa shape index (κ1) is 14.3. The summed E-state index contributed by atoms with van der Waals surface area (Å²) in [6.07, 6.45) is 2.69. The molecule has 0 amide bonds. The molecule has 0 aliphatic carbocycles. The van der Waals surface area contributed by atoms with Crippen molar-refractivity contribution < 1.29 is 9.47 Å². The first-order valence-electron chi connectivity index (χ1n) is 7.06. The third-order valence-corrected chi connectivity index (χ3v) is 3.68. The van der Waals surface area contributed by atoms with E-state index < -0.39 is 0 Å². The predicted octanol–water partition coefficient (Wildman–Crippen LogP) is 2.30. The molecule has 1 aliphatic rings. The largest absolute Gasteiger partial charge is 0.497 e. The Morgan fingerprint density at radius 1 is 1.47 bits per heavy atom. The van der Waals surface area contributed by atoms with E-state index in [4.69, 9.17) is 9.47 Å². The topological polar surface area (TPSA) is 43.4 Å². The number of ether oxygens (including phenoxy) is 2. The highest BCUT2D eigenvalue weighted by atomic mass is 16.5. The van der Waals surface area contributed by atoms with Crippen molar-refractivity contribution in [3.05, 3.63) is 23.5 Å². The zero-order valence-corrected chi connectivity index (χ0v) is 12.1. The van der Waals surface area contributed by atoms with Gasteiger partial charge in [0.05, 0.1) is 18.9 Å². The van der Waals surface area contributed by atoms with E-state index in [2.05, 4.69) is 17.2 Å². The SMILES string of the molecule is CCC1OCCC1CNCc1cc(OC)cc(C)n1. The van der Waals surface area contributed by atoms with Crippen LogP contribution in [0.2, 0.25) is 0 Å². The third kappa shape index (κ3) is 3.91. The number of pyridine rings is 1. The van der Waals surface area contributed by atoms with E-state index in [1.807, 2.05) is 19.1 Å². The maximum Gasteiger partial charge on any atom is 0.122 e. The molecule has 1 aromatic rings. The number of aromatic nitrogens is 1. The van der Waals surface area contributed by atoms with Crippen LogP contribution in [0.1, 0.15) is 31.2 Å². The number of rotatable bonds is 6. The third-order valence-electron chi connectivity index (χ3n) is 3.68. The lowest BCUT2D eigenvalue weighted by Crippen LogP contribution is -2.28. The smallest absolute Gasteiger partial charge is 0.122 e. The molecular formula is C15H24N2O2. The first-order chi connectivity index (χ1) is 9.22. The van der Waals surface area contributed by atoms with Crippen LogP contribution in [0.4, 0.5) is 0 Å². The highest BCUT2D eigenvalue weighted by molar-refractivity contribution is 5.26. The van der Waals surface area contributed by atoms with Gasteiger partial charge in [0.15, 0.2) is 0 Å². The van der Waals surface area contributed by atoms with Gasteiger partial charge in [0.1, 0.15) is 5.75 Å². The van der Waals surface area contributed by atoms with Gasteiger partial charge in [-0.05, 0) is 25.7 Å². The molecule has 0 spiro atoms. The van der Waals surface area contributed by atoms with Gasteiger partial charge in [0, 0.05) is 37.5 Å². The average molecular weight is 264 g/mol. The summed E-state index contributed by atoms with van der Waals surface area (Å²) in [5, 5.41) is 3.49. The molecule has 1 N–H and O–H groups in total. The van der Waals surface area contributed by atoms with Crippen LogP contribution >= 0.6 is 0 Å². The van der Waals surface area contributed by atoms with E-state index in [-0.39, 0.29) is 0 Å². The number of hydrogen-bond acceptors (Lipinski definition) is 4. The molecule has 106 valence electrons. The zero-order valence-electron chi connectivity index (χ0n) is 12.1. The summed E-state index contributed by atoms with van der Waals surface area (Å²) in [6.45, 7) is 6.86. The van der Waals surface area contributed by atoms with Crippen LogP contribution < -0.4 is 10.1 Å². The van der Waals surface area contributed by atoms with Gasteiger partial charge in [0.25, 0.3) is 0 Å². The molecule has 4 nitrogen and oxygen atoms in total. The number of methoxy groups -OCH3 is 1. The van der Waals surface area contributed by atoms with Gasteiger partial charge >= 0.3 is 0 Å². The van der Waals surface area contributed by atoms with Crippen molar-refractivity contribution in [3.63, 3.8) is 0 Å². The highest BCUT2D eigenvalue weighted by Crippen LogP contribution is 2.22. The Kier molecular flexibility index (Phi) is 5.16. The summed E-state index contributed by atoms with van der Waals surface area (Å²) in [5.74, 6) is 1.51. The summed E-state index contributed by atoms with van der Waals surface area (Å²) >= 11 is 0. The normalized spacial score (nSPS) is 22.7. The van der Waals surface area contributed by atoms with Crippen molar-refractivity contribution in [2.75, 3.05) is 20.3 Å². The van der Waals surface area contributed by atoms with Crippen LogP contribution in [0.25, 0.3) is 0 Å². The minimum atomic E-state index is 0.424. The fourth-order valence-electron chi connectivity index (χ4n) is 2.67. The van der Waals surface area contributed by atoms with E-state index >= 15 is 0 Å². The second kappa shape index (κ2) is 6.87.